The Labute approximate surface area is 143 Å². The quantitative estimate of drug-likeness (QED) is 0.618. The molecular weight excluding hydrogens is 453 g/mol. The largest absolute Gasteiger partial charge is 0.313 e. The maximum absolute atomic E-state index is 13.4. The first-order valence-electron chi connectivity index (χ1n) is 6.07. The predicted octanol–water partition coefficient (Wildman–Crippen LogP) is 5.62. The number of hydrogen-bond donors (Lipinski definition) is 1. The average molecular weight is 466 g/mol. The van der Waals surface area contributed by atoms with Gasteiger partial charge in [-0.15, -0.1) is 0 Å². The summed E-state index contributed by atoms with van der Waals surface area (Å²) in [6, 6.07) is 10.9. The van der Waals surface area contributed by atoms with Crippen molar-refractivity contribution in [3.05, 3.63) is 66.8 Å². The molecule has 106 valence electrons. The molecule has 1 N–H and O–H groups in total. The van der Waals surface area contributed by atoms with Crippen LogP contribution in [-0.2, 0) is 6.42 Å². The van der Waals surface area contributed by atoms with Gasteiger partial charge in [0.2, 0.25) is 0 Å². The molecule has 20 heavy (non-hydrogen) atoms. The summed E-state index contributed by atoms with van der Waals surface area (Å²) in [6.07, 6.45) is 0.698. The molecule has 0 saturated carbocycles. The minimum Gasteiger partial charge on any atom is -0.313 e. The molecule has 1 atom stereocenters. The normalized spacial score (nSPS) is 12.4. The van der Waals surface area contributed by atoms with Crippen molar-refractivity contribution in [1.82, 2.24) is 5.32 Å². The Morgan fingerprint density at radius 1 is 1.05 bits per heavy atom. The molecule has 0 bridgehead atoms. The van der Waals surface area contributed by atoms with Gasteiger partial charge in [0.15, 0.2) is 0 Å². The van der Waals surface area contributed by atoms with Gasteiger partial charge in [0, 0.05) is 19.5 Å². The minimum atomic E-state index is -0.216. The second kappa shape index (κ2) is 7.16. The standard InChI is InChI=1S/C15H13Br3FN/c1-20-15(12-8-10(16)2-4-14(12)18)7-9-6-11(19)3-5-13(9)17/h2-6,8,15,20H,7H2,1H3. The topological polar surface area (TPSA) is 12.0 Å². The highest BCUT2D eigenvalue weighted by Crippen LogP contribution is 2.30. The van der Waals surface area contributed by atoms with Crippen LogP contribution in [0.1, 0.15) is 17.2 Å². The van der Waals surface area contributed by atoms with Crippen molar-refractivity contribution in [1.29, 1.82) is 0 Å². The summed E-state index contributed by atoms with van der Waals surface area (Å²) in [7, 11) is 1.91. The van der Waals surface area contributed by atoms with Crippen molar-refractivity contribution in [3.63, 3.8) is 0 Å². The molecule has 0 spiro atoms. The lowest BCUT2D eigenvalue weighted by atomic mass is 9.99. The van der Waals surface area contributed by atoms with Gasteiger partial charge in [-0.05, 0) is 61.0 Å². The molecule has 0 aromatic heterocycles. The number of rotatable bonds is 4. The summed E-state index contributed by atoms with van der Waals surface area (Å²) in [4.78, 5) is 0. The van der Waals surface area contributed by atoms with Crippen LogP contribution in [-0.4, -0.2) is 7.05 Å². The Morgan fingerprint density at radius 3 is 2.45 bits per heavy atom. The van der Waals surface area contributed by atoms with Crippen LogP contribution in [0.5, 0.6) is 0 Å². The highest BCUT2D eigenvalue weighted by Gasteiger charge is 2.15. The van der Waals surface area contributed by atoms with Crippen molar-refractivity contribution in [2.75, 3.05) is 7.05 Å². The van der Waals surface area contributed by atoms with Crippen molar-refractivity contribution in [3.8, 4) is 0 Å². The minimum absolute atomic E-state index is 0.0972. The summed E-state index contributed by atoms with van der Waals surface area (Å²) < 4.78 is 16.4. The Bertz CT molecular complexity index is 616. The fourth-order valence-corrected chi connectivity index (χ4v) is 3.38. The summed E-state index contributed by atoms with van der Waals surface area (Å²) >= 11 is 10.5. The van der Waals surface area contributed by atoms with Crippen LogP contribution in [0.4, 0.5) is 4.39 Å². The first-order valence-corrected chi connectivity index (χ1v) is 8.45. The van der Waals surface area contributed by atoms with Crippen LogP contribution < -0.4 is 5.32 Å². The van der Waals surface area contributed by atoms with Crippen molar-refractivity contribution in [2.24, 2.45) is 0 Å². The van der Waals surface area contributed by atoms with E-state index in [1.54, 1.807) is 12.1 Å². The Morgan fingerprint density at radius 2 is 1.75 bits per heavy atom. The van der Waals surface area contributed by atoms with Crippen LogP contribution in [0, 0.1) is 5.82 Å². The molecule has 0 radical (unpaired) electrons. The smallest absolute Gasteiger partial charge is 0.123 e. The Balaban J connectivity index is 2.33. The van der Waals surface area contributed by atoms with Crippen molar-refractivity contribution < 1.29 is 4.39 Å². The molecule has 0 amide bonds. The maximum atomic E-state index is 13.4. The van der Waals surface area contributed by atoms with Crippen molar-refractivity contribution in [2.45, 2.75) is 12.5 Å². The molecule has 0 heterocycles. The van der Waals surface area contributed by atoms with E-state index in [1.165, 1.54) is 6.07 Å². The second-order valence-electron chi connectivity index (χ2n) is 4.45. The zero-order chi connectivity index (χ0) is 14.7. The summed E-state index contributed by atoms with van der Waals surface area (Å²) in [6.45, 7) is 0. The average Bonchev–Trinajstić information content (AvgIpc) is 2.42. The van der Waals surface area contributed by atoms with Gasteiger partial charge in [0.25, 0.3) is 0 Å². The molecule has 0 saturated heterocycles. The Hall–Kier alpha value is -0.230. The number of nitrogens with one attached hydrogen (secondary N) is 1. The molecule has 2 rings (SSSR count). The van der Waals surface area contributed by atoms with E-state index < -0.39 is 0 Å². The Kier molecular flexibility index (Phi) is 5.78. The van der Waals surface area contributed by atoms with Gasteiger partial charge < -0.3 is 5.32 Å². The van der Waals surface area contributed by atoms with Crippen LogP contribution >= 0.6 is 47.8 Å². The third-order valence-electron chi connectivity index (χ3n) is 3.11. The lowest BCUT2D eigenvalue weighted by Crippen LogP contribution is -2.19. The number of benzene rings is 2. The summed E-state index contributed by atoms with van der Waals surface area (Å²) in [5.41, 5.74) is 2.08. The summed E-state index contributed by atoms with van der Waals surface area (Å²) in [5, 5.41) is 3.29. The SMILES string of the molecule is CNC(Cc1cc(F)ccc1Br)c1cc(Br)ccc1Br. The van der Waals surface area contributed by atoms with E-state index in [2.05, 4.69) is 59.2 Å². The molecule has 2 aromatic rings. The molecule has 1 nitrogen and oxygen atoms in total. The monoisotopic (exact) mass is 463 g/mol. The highest BCUT2D eigenvalue weighted by atomic mass is 79.9. The van der Waals surface area contributed by atoms with Crippen LogP contribution in [0.3, 0.4) is 0 Å². The van der Waals surface area contributed by atoms with E-state index in [0.29, 0.717) is 6.42 Å². The van der Waals surface area contributed by atoms with Crippen molar-refractivity contribution >= 4 is 47.8 Å². The van der Waals surface area contributed by atoms with E-state index in [-0.39, 0.29) is 11.9 Å². The molecular formula is C15H13Br3FN. The van der Waals surface area contributed by atoms with Gasteiger partial charge in [0.05, 0.1) is 0 Å². The maximum Gasteiger partial charge on any atom is 0.123 e. The molecule has 0 aliphatic rings. The van der Waals surface area contributed by atoms with E-state index in [1.807, 2.05) is 19.2 Å². The molecule has 2 aromatic carbocycles. The van der Waals surface area contributed by atoms with E-state index in [4.69, 9.17) is 0 Å². The van der Waals surface area contributed by atoms with E-state index >= 15 is 0 Å². The van der Waals surface area contributed by atoms with Crippen LogP contribution in [0.15, 0.2) is 49.8 Å². The molecule has 5 heteroatoms. The first kappa shape index (κ1) is 16.1. The second-order valence-corrected chi connectivity index (χ2v) is 7.07. The lowest BCUT2D eigenvalue weighted by molar-refractivity contribution is 0.580. The number of halogens is 4. The van der Waals surface area contributed by atoms with Gasteiger partial charge in [0.1, 0.15) is 5.82 Å². The highest BCUT2D eigenvalue weighted by molar-refractivity contribution is 9.11. The van der Waals surface area contributed by atoms with E-state index in [9.17, 15) is 4.39 Å². The molecule has 0 aliphatic heterocycles. The van der Waals surface area contributed by atoms with Crippen LogP contribution in [0.25, 0.3) is 0 Å². The third kappa shape index (κ3) is 3.91. The fourth-order valence-electron chi connectivity index (χ4n) is 2.07. The van der Waals surface area contributed by atoms with Gasteiger partial charge in [-0.3, -0.25) is 0 Å². The lowest BCUT2D eigenvalue weighted by Gasteiger charge is -2.19. The van der Waals surface area contributed by atoms with Gasteiger partial charge in [-0.25, -0.2) is 4.39 Å². The molecule has 0 aliphatic carbocycles. The van der Waals surface area contributed by atoms with Gasteiger partial charge >= 0.3 is 0 Å². The van der Waals surface area contributed by atoms with E-state index in [0.717, 1.165) is 24.5 Å². The zero-order valence-corrected chi connectivity index (χ0v) is 15.5. The molecule has 1 unspecified atom stereocenters. The van der Waals surface area contributed by atoms with Gasteiger partial charge in [-0.2, -0.15) is 0 Å². The molecule has 0 fully saturated rings. The third-order valence-corrected chi connectivity index (χ3v) is 5.10. The fraction of sp³-hybridized carbons (Fsp3) is 0.200. The number of likely N-dealkylation sites (N-methyl/N-ethyl adjacent to an activating group) is 1. The van der Waals surface area contributed by atoms with Gasteiger partial charge in [-0.1, -0.05) is 47.8 Å². The first-order chi connectivity index (χ1) is 9.51. The summed E-state index contributed by atoms with van der Waals surface area (Å²) in [5.74, 6) is -0.216. The zero-order valence-electron chi connectivity index (χ0n) is 10.8. The predicted molar refractivity (Wildman–Crippen MR) is 91.4 cm³/mol. The van der Waals surface area contributed by atoms with Crippen LogP contribution in [0.2, 0.25) is 0 Å². The number of hydrogen-bond acceptors (Lipinski definition) is 1.